The first-order valence-corrected chi connectivity index (χ1v) is 9.50. The van der Waals surface area contributed by atoms with Gasteiger partial charge < -0.3 is 0 Å². The van der Waals surface area contributed by atoms with E-state index in [1.807, 2.05) is 20.8 Å². The molecule has 25 heavy (non-hydrogen) atoms. The Labute approximate surface area is 148 Å². The molecule has 0 aromatic carbocycles. The van der Waals surface area contributed by atoms with E-state index in [1.54, 1.807) is 0 Å². The predicted molar refractivity (Wildman–Crippen MR) is 97.4 cm³/mol. The van der Waals surface area contributed by atoms with Gasteiger partial charge in [0.2, 0.25) is 11.8 Å². The first-order valence-electron chi connectivity index (χ1n) is 9.50. The number of carbonyl (C=O) groups is 2. The fourth-order valence-corrected chi connectivity index (χ4v) is 2.69. The maximum atomic E-state index is 12.6. The fourth-order valence-electron chi connectivity index (χ4n) is 2.69. The second-order valence-electron chi connectivity index (χ2n) is 6.40. The van der Waals surface area contributed by atoms with Crippen LogP contribution < -0.4 is 11.4 Å². The number of aromatic nitrogens is 3. The number of carbonyl (C=O) groups excluding carboxylic acids is 2. The number of unbranched alkanes of at least 4 members (excludes halogenated alkanes) is 5. The van der Waals surface area contributed by atoms with E-state index in [9.17, 15) is 19.2 Å². The van der Waals surface area contributed by atoms with Crippen molar-refractivity contribution in [3.8, 4) is 0 Å². The van der Waals surface area contributed by atoms with Crippen molar-refractivity contribution in [1.82, 2.24) is 13.9 Å². The molecule has 0 saturated carbocycles. The van der Waals surface area contributed by atoms with Crippen LogP contribution in [0.2, 0.25) is 0 Å². The zero-order valence-corrected chi connectivity index (χ0v) is 15.8. The van der Waals surface area contributed by atoms with Gasteiger partial charge >= 0.3 is 11.4 Å². The first-order chi connectivity index (χ1) is 12.0. The Kier molecular flexibility index (Phi) is 9.16. The molecule has 7 heteroatoms. The molecule has 1 rings (SSSR count). The van der Waals surface area contributed by atoms with Crippen LogP contribution in [0.3, 0.4) is 0 Å². The van der Waals surface area contributed by atoms with E-state index in [2.05, 4.69) is 0 Å². The second kappa shape index (κ2) is 10.8. The molecular weight excluding hydrogens is 322 g/mol. The van der Waals surface area contributed by atoms with Crippen LogP contribution in [-0.2, 0) is 6.54 Å². The lowest BCUT2D eigenvalue weighted by Gasteiger charge is -2.07. The second-order valence-corrected chi connectivity index (χ2v) is 6.40. The molecule has 0 aliphatic heterocycles. The zero-order valence-electron chi connectivity index (χ0n) is 15.8. The molecule has 0 unspecified atom stereocenters. The van der Waals surface area contributed by atoms with Crippen LogP contribution in [0.25, 0.3) is 0 Å². The first kappa shape index (κ1) is 21.1. The molecule has 0 fully saturated rings. The Balaban J connectivity index is 3.21. The van der Waals surface area contributed by atoms with Crippen molar-refractivity contribution in [2.24, 2.45) is 0 Å². The summed E-state index contributed by atoms with van der Waals surface area (Å²) >= 11 is 0. The minimum Gasteiger partial charge on any atom is -0.272 e. The molecule has 0 aliphatic carbocycles. The van der Waals surface area contributed by atoms with Gasteiger partial charge in [0.1, 0.15) is 0 Å². The summed E-state index contributed by atoms with van der Waals surface area (Å²) in [5, 5.41) is 0. The Morgan fingerprint density at radius 3 is 1.44 bits per heavy atom. The summed E-state index contributed by atoms with van der Waals surface area (Å²) in [6.07, 6.45) is 6.68. The van der Waals surface area contributed by atoms with Crippen LogP contribution in [-0.4, -0.2) is 25.7 Å². The van der Waals surface area contributed by atoms with E-state index in [-0.39, 0.29) is 19.4 Å². The lowest BCUT2D eigenvalue weighted by molar-refractivity contribution is 0.0772. The van der Waals surface area contributed by atoms with Gasteiger partial charge in [-0.1, -0.05) is 52.9 Å². The highest BCUT2D eigenvalue weighted by atomic mass is 16.2. The van der Waals surface area contributed by atoms with E-state index < -0.39 is 23.2 Å². The molecule has 0 radical (unpaired) electrons. The van der Waals surface area contributed by atoms with E-state index in [0.29, 0.717) is 19.3 Å². The van der Waals surface area contributed by atoms with Gasteiger partial charge in [-0.25, -0.2) is 14.2 Å². The van der Waals surface area contributed by atoms with Gasteiger partial charge in [-0.05, 0) is 19.3 Å². The Bertz CT molecular complexity index is 628. The minimum absolute atomic E-state index is 0.160. The molecule has 1 heterocycles. The third-order valence-corrected chi connectivity index (χ3v) is 4.22. The number of hydrogen-bond donors (Lipinski definition) is 0. The van der Waals surface area contributed by atoms with Crippen LogP contribution >= 0.6 is 0 Å². The Hall–Kier alpha value is -1.92. The van der Waals surface area contributed by atoms with Crippen molar-refractivity contribution < 1.29 is 9.59 Å². The van der Waals surface area contributed by atoms with Crippen LogP contribution in [0.15, 0.2) is 9.59 Å². The minimum atomic E-state index is -0.691. The molecule has 0 saturated heterocycles. The van der Waals surface area contributed by atoms with Crippen LogP contribution in [0.5, 0.6) is 0 Å². The van der Waals surface area contributed by atoms with Gasteiger partial charge in [-0.15, -0.1) is 0 Å². The number of nitrogens with zero attached hydrogens (tertiary/aromatic N) is 3. The molecule has 0 aliphatic rings. The van der Waals surface area contributed by atoms with Crippen LogP contribution in [0, 0.1) is 0 Å². The molecular formula is C18H31N3O4. The molecule has 0 amide bonds. The van der Waals surface area contributed by atoms with Crippen molar-refractivity contribution in [2.45, 2.75) is 91.5 Å². The SMILES string of the molecule is CCCCCC(=O)n1c(=O)n(CCCC)c(=O)n1C(=O)CCCCC. The summed E-state index contributed by atoms with van der Waals surface area (Å²) < 4.78 is 2.54. The Morgan fingerprint density at radius 1 is 0.680 bits per heavy atom. The molecule has 7 nitrogen and oxygen atoms in total. The standard InChI is InChI=1S/C18H31N3O4/c1-4-7-10-12-15(22)20-17(24)19(14-9-6-3)18(25)21(20)16(23)13-11-8-5-2/h4-14H2,1-3H3. The maximum absolute atomic E-state index is 12.6. The summed E-state index contributed by atoms with van der Waals surface area (Å²) in [5.74, 6) is -0.954. The lowest BCUT2D eigenvalue weighted by atomic mass is 10.2. The van der Waals surface area contributed by atoms with Gasteiger partial charge in [-0.2, -0.15) is 9.36 Å². The van der Waals surface area contributed by atoms with Crippen molar-refractivity contribution in [3.05, 3.63) is 21.0 Å². The van der Waals surface area contributed by atoms with E-state index in [0.717, 1.165) is 46.0 Å². The highest BCUT2D eigenvalue weighted by molar-refractivity contribution is 5.84. The van der Waals surface area contributed by atoms with Gasteiger partial charge in [0, 0.05) is 19.4 Å². The van der Waals surface area contributed by atoms with Gasteiger partial charge in [0.05, 0.1) is 0 Å². The largest absolute Gasteiger partial charge is 0.354 e. The van der Waals surface area contributed by atoms with Crippen molar-refractivity contribution in [3.63, 3.8) is 0 Å². The van der Waals surface area contributed by atoms with Crippen molar-refractivity contribution in [1.29, 1.82) is 0 Å². The molecule has 1 aromatic rings. The maximum Gasteiger partial charge on any atom is 0.354 e. The van der Waals surface area contributed by atoms with Gasteiger partial charge in [0.15, 0.2) is 0 Å². The van der Waals surface area contributed by atoms with E-state index in [4.69, 9.17) is 0 Å². The molecule has 1 aromatic heterocycles. The highest BCUT2D eigenvalue weighted by Gasteiger charge is 2.24. The van der Waals surface area contributed by atoms with Crippen molar-refractivity contribution in [2.75, 3.05) is 0 Å². The van der Waals surface area contributed by atoms with Gasteiger partial charge in [0.25, 0.3) is 0 Å². The number of hydrogen-bond acceptors (Lipinski definition) is 4. The van der Waals surface area contributed by atoms with Gasteiger partial charge in [-0.3, -0.25) is 9.59 Å². The Morgan fingerprint density at radius 2 is 1.08 bits per heavy atom. The fraction of sp³-hybridized carbons (Fsp3) is 0.778. The average molecular weight is 353 g/mol. The smallest absolute Gasteiger partial charge is 0.272 e. The van der Waals surface area contributed by atoms with E-state index >= 15 is 0 Å². The predicted octanol–water partition coefficient (Wildman–Crippen LogP) is 3.05. The van der Waals surface area contributed by atoms with Crippen LogP contribution in [0.4, 0.5) is 0 Å². The summed E-state index contributed by atoms with van der Waals surface area (Å²) in [6.45, 7) is 6.22. The molecule has 142 valence electrons. The van der Waals surface area contributed by atoms with Crippen molar-refractivity contribution >= 4 is 11.8 Å². The summed E-state index contributed by atoms with van der Waals surface area (Å²) in [7, 11) is 0. The highest BCUT2D eigenvalue weighted by Crippen LogP contribution is 2.04. The summed E-state index contributed by atoms with van der Waals surface area (Å²) in [4.78, 5) is 50.1. The van der Waals surface area contributed by atoms with Crippen LogP contribution in [0.1, 0.15) is 94.6 Å². The summed E-state index contributed by atoms with van der Waals surface area (Å²) in [6, 6.07) is 0. The lowest BCUT2D eigenvalue weighted by Crippen LogP contribution is -2.36. The summed E-state index contributed by atoms with van der Waals surface area (Å²) in [5.41, 5.74) is -1.38. The molecule has 0 bridgehead atoms. The monoisotopic (exact) mass is 353 g/mol. The normalized spacial score (nSPS) is 11.0. The van der Waals surface area contributed by atoms with E-state index in [1.165, 1.54) is 0 Å². The topological polar surface area (TPSA) is 83.1 Å². The average Bonchev–Trinajstić information content (AvgIpc) is 2.84. The quantitative estimate of drug-likeness (QED) is 0.572. The molecule has 0 N–H and O–H groups in total. The number of rotatable bonds is 11. The zero-order chi connectivity index (χ0) is 18.8. The third kappa shape index (κ3) is 5.54. The molecule has 0 spiro atoms. The third-order valence-electron chi connectivity index (χ3n) is 4.22. The molecule has 0 atom stereocenters.